The van der Waals surface area contributed by atoms with Gasteiger partial charge >= 0.3 is 0 Å². The molecular weight excluding hydrogens is 354 g/mol. The van der Waals surface area contributed by atoms with Crippen molar-refractivity contribution in [3.8, 4) is 17.0 Å². The first-order valence-electron chi connectivity index (χ1n) is 9.65. The van der Waals surface area contributed by atoms with E-state index >= 15 is 0 Å². The largest absolute Gasteiger partial charge is 0.493 e. The zero-order valence-corrected chi connectivity index (χ0v) is 16.1. The molecule has 7 nitrogen and oxygen atoms in total. The van der Waals surface area contributed by atoms with Crippen molar-refractivity contribution in [2.24, 2.45) is 0 Å². The average Bonchev–Trinajstić information content (AvgIpc) is 3.22. The van der Waals surface area contributed by atoms with E-state index in [-0.39, 0.29) is 0 Å². The number of ether oxygens (including phenoxy) is 2. The fourth-order valence-electron chi connectivity index (χ4n) is 3.25. The van der Waals surface area contributed by atoms with Crippen LogP contribution >= 0.6 is 0 Å². The first kappa shape index (κ1) is 18.4. The number of nitrogens with zero attached hydrogens (tertiary/aromatic N) is 5. The van der Waals surface area contributed by atoms with Crippen molar-refractivity contribution in [1.82, 2.24) is 19.5 Å². The van der Waals surface area contributed by atoms with Gasteiger partial charge in [0.05, 0.1) is 38.0 Å². The highest BCUT2D eigenvalue weighted by Gasteiger charge is 2.14. The summed E-state index contributed by atoms with van der Waals surface area (Å²) in [4.78, 5) is 15.5. The molecule has 4 rings (SSSR count). The van der Waals surface area contributed by atoms with Crippen molar-refractivity contribution < 1.29 is 9.47 Å². The Bertz CT molecular complexity index is 888. The standard InChI is InChI=1S/C21H25N5O2/c1-17-5-2-3-6-20(17)28-10-4-7-26-16-22-15-19(26)18-13-23-21(24-14-18)25-8-11-27-12-9-25/h2-3,5-6,13-16H,4,7-12H2,1H3. The highest BCUT2D eigenvalue weighted by atomic mass is 16.5. The number of hydrogen-bond donors (Lipinski definition) is 0. The number of hydrogen-bond acceptors (Lipinski definition) is 6. The third kappa shape index (κ3) is 4.31. The molecule has 0 atom stereocenters. The van der Waals surface area contributed by atoms with Crippen molar-refractivity contribution in [2.45, 2.75) is 19.9 Å². The zero-order valence-electron chi connectivity index (χ0n) is 16.1. The van der Waals surface area contributed by atoms with Crippen LogP contribution in [0.2, 0.25) is 0 Å². The molecule has 0 unspecified atom stereocenters. The van der Waals surface area contributed by atoms with Gasteiger partial charge in [-0.2, -0.15) is 0 Å². The molecule has 1 aromatic carbocycles. The second kappa shape index (κ2) is 8.84. The highest BCUT2D eigenvalue weighted by Crippen LogP contribution is 2.20. The minimum absolute atomic E-state index is 0.662. The molecule has 0 saturated carbocycles. The van der Waals surface area contributed by atoms with Crippen LogP contribution in [-0.4, -0.2) is 52.4 Å². The van der Waals surface area contributed by atoms with Gasteiger partial charge in [0.2, 0.25) is 5.95 Å². The monoisotopic (exact) mass is 379 g/mol. The predicted molar refractivity (Wildman–Crippen MR) is 108 cm³/mol. The van der Waals surface area contributed by atoms with Crippen LogP contribution in [0.5, 0.6) is 5.75 Å². The SMILES string of the molecule is Cc1ccccc1OCCCn1cncc1-c1cnc(N2CCOCC2)nc1. The summed E-state index contributed by atoms with van der Waals surface area (Å²) in [5.41, 5.74) is 3.14. The summed E-state index contributed by atoms with van der Waals surface area (Å²) in [5.74, 6) is 1.70. The van der Waals surface area contributed by atoms with E-state index in [4.69, 9.17) is 9.47 Å². The van der Waals surface area contributed by atoms with Crippen molar-refractivity contribution in [2.75, 3.05) is 37.8 Å². The number of imidazole rings is 1. The topological polar surface area (TPSA) is 65.3 Å². The smallest absolute Gasteiger partial charge is 0.225 e. The van der Waals surface area contributed by atoms with E-state index in [1.807, 2.05) is 43.1 Å². The van der Waals surface area contributed by atoms with Crippen molar-refractivity contribution in [3.05, 3.63) is 54.7 Å². The van der Waals surface area contributed by atoms with E-state index in [0.29, 0.717) is 6.61 Å². The highest BCUT2D eigenvalue weighted by molar-refractivity contribution is 5.57. The summed E-state index contributed by atoms with van der Waals surface area (Å²) in [6, 6.07) is 8.08. The van der Waals surface area contributed by atoms with Gasteiger partial charge in [0.25, 0.3) is 0 Å². The lowest BCUT2D eigenvalue weighted by atomic mass is 10.2. The summed E-state index contributed by atoms with van der Waals surface area (Å²) in [7, 11) is 0. The van der Waals surface area contributed by atoms with E-state index in [1.165, 1.54) is 0 Å². The molecule has 0 N–H and O–H groups in total. The molecule has 146 valence electrons. The second-order valence-corrected chi connectivity index (χ2v) is 6.81. The fraction of sp³-hybridized carbons (Fsp3) is 0.381. The first-order chi connectivity index (χ1) is 13.8. The number of morpholine rings is 1. The van der Waals surface area contributed by atoms with Gasteiger partial charge in [0.1, 0.15) is 5.75 Å². The van der Waals surface area contributed by atoms with Crippen LogP contribution in [0.3, 0.4) is 0 Å². The van der Waals surface area contributed by atoms with Gasteiger partial charge in [0, 0.05) is 37.6 Å². The van der Waals surface area contributed by atoms with Gasteiger partial charge in [-0.15, -0.1) is 0 Å². The Morgan fingerprint density at radius 3 is 2.64 bits per heavy atom. The Labute approximate surface area is 165 Å². The van der Waals surface area contributed by atoms with E-state index < -0.39 is 0 Å². The number of rotatable bonds is 7. The molecule has 1 aliphatic rings. The van der Waals surface area contributed by atoms with Crippen molar-refractivity contribution >= 4 is 5.95 Å². The average molecular weight is 379 g/mol. The minimum Gasteiger partial charge on any atom is -0.493 e. The molecule has 0 amide bonds. The fourth-order valence-corrected chi connectivity index (χ4v) is 3.25. The molecule has 0 radical (unpaired) electrons. The maximum Gasteiger partial charge on any atom is 0.225 e. The third-order valence-corrected chi connectivity index (χ3v) is 4.83. The normalized spacial score (nSPS) is 14.2. The van der Waals surface area contributed by atoms with E-state index in [9.17, 15) is 0 Å². The number of aryl methyl sites for hydroxylation is 2. The Kier molecular flexibility index (Phi) is 5.82. The van der Waals surface area contributed by atoms with E-state index in [0.717, 1.165) is 67.8 Å². The Morgan fingerprint density at radius 1 is 1.07 bits per heavy atom. The lowest BCUT2D eigenvalue weighted by Crippen LogP contribution is -2.37. The van der Waals surface area contributed by atoms with Crippen LogP contribution in [0.15, 0.2) is 49.2 Å². The van der Waals surface area contributed by atoms with E-state index in [2.05, 4.69) is 37.4 Å². The van der Waals surface area contributed by atoms with Gasteiger partial charge in [-0.1, -0.05) is 18.2 Å². The molecule has 0 spiro atoms. The maximum atomic E-state index is 5.89. The van der Waals surface area contributed by atoms with Gasteiger partial charge < -0.3 is 18.9 Å². The van der Waals surface area contributed by atoms with E-state index in [1.54, 1.807) is 0 Å². The van der Waals surface area contributed by atoms with Crippen molar-refractivity contribution in [1.29, 1.82) is 0 Å². The molecule has 2 aromatic heterocycles. The molecule has 0 aliphatic carbocycles. The van der Waals surface area contributed by atoms with Gasteiger partial charge in [-0.25, -0.2) is 15.0 Å². The molecule has 1 aliphatic heterocycles. The molecule has 1 fully saturated rings. The Balaban J connectivity index is 1.35. The molecule has 3 heterocycles. The molecule has 28 heavy (non-hydrogen) atoms. The number of benzene rings is 1. The quantitative estimate of drug-likeness (QED) is 0.588. The molecule has 0 bridgehead atoms. The summed E-state index contributed by atoms with van der Waals surface area (Å²) < 4.78 is 13.4. The van der Waals surface area contributed by atoms with Gasteiger partial charge in [0.15, 0.2) is 0 Å². The maximum absolute atomic E-state index is 5.89. The second-order valence-electron chi connectivity index (χ2n) is 6.81. The van der Waals surface area contributed by atoms with Crippen LogP contribution in [0.1, 0.15) is 12.0 Å². The molecule has 3 aromatic rings. The van der Waals surface area contributed by atoms with Gasteiger partial charge in [-0.05, 0) is 25.0 Å². The number of para-hydroxylation sites is 1. The third-order valence-electron chi connectivity index (χ3n) is 4.83. The minimum atomic E-state index is 0.662. The van der Waals surface area contributed by atoms with Crippen LogP contribution in [0.4, 0.5) is 5.95 Å². The summed E-state index contributed by atoms with van der Waals surface area (Å²) in [6.45, 7) is 6.66. The predicted octanol–water partition coefficient (Wildman–Crippen LogP) is 2.95. The Hall–Kier alpha value is -2.93. The summed E-state index contributed by atoms with van der Waals surface area (Å²) >= 11 is 0. The van der Waals surface area contributed by atoms with Gasteiger partial charge in [-0.3, -0.25) is 0 Å². The number of anilines is 1. The summed E-state index contributed by atoms with van der Waals surface area (Å²) in [6.07, 6.45) is 8.34. The summed E-state index contributed by atoms with van der Waals surface area (Å²) in [5, 5.41) is 0. The molecular formula is C21H25N5O2. The molecule has 1 saturated heterocycles. The lowest BCUT2D eigenvalue weighted by molar-refractivity contribution is 0.122. The Morgan fingerprint density at radius 2 is 1.86 bits per heavy atom. The van der Waals surface area contributed by atoms with Crippen LogP contribution < -0.4 is 9.64 Å². The van der Waals surface area contributed by atoms with Crippen LogP contribution in [-0.2, 0) is 11.3 Å². The molecule has 7 heteroatoms. The van der Waals surface area contributed by atoms with Crippen LogP contribution in [0, 0.1) is 6.92 Å². The first-order valence-corrected chi connectivity index (χ1v) is 9.65. The van der Waals surface area contributed by atoms with Crippen LogP contribution in [0.25, 0.3) is 11.3 Å². The zero-order chi connectivity index (χ0) is 19.2. The number of aromatic nitrogens is 4. The lowest BCUT2D eigenvalue weighted by Gasteiger charge is -2.26. The van der Waals surface area contributed by atoms with Crippen molar-refractivity contribution in [3.63, 3.8) is 0 Å².